The normalized spacial score (nSPS) is 12.8. The Labute approximate surface area is 134 Å². The number of hydrogen-bond donors (Lipinski definition) is 1. The number of ether oxygens (including phenoxy) is 1. The minimum Gasteiger partial charge on any atom is -0.482 e. The minimum absolute atomic E-state index is 0.0939. The van der Waals surface area contributed by atoms with Crippen LogP contribution in [0.15, 0.2) is 41.3 Å². The third kappa shape index (κ3) is 3.00. The van der Waals surface area contributed by atoms with Crippen molar-refractivity contribution in [1.82, 2.24) is 4.57 Å². The maximum Gasteiger partial charge on any atom is 0.285 e. The highest BCUT2D eigenvalue weighted by molar-refractivity contribution is 6.00. The lowest BCUT2D eigenvalue weighted by atomic mass is 10.1. The van der Waals surface area contributed by atoms with Crippen LogP contribution in [0.2, 0.25) is 0 Å². The number of amides is 1. The number of pyridine rings is 1. The molecule has 0 saturated heterocycles. The van der Waals surface area contributed by atoms with E-state index in [2.05, 4.69) is 5.32 Å². The molecule has 1 aliphatic heterocycles. The van der Waals surface area contributed by atoms with Gasteiger partial charge in [0.1, 0.15) is 5.75 Å². The first-order valence-electron chi connectivity index (χ1n) is 6.89. The summed E-state index contributed by atoms with van der Waals surface area (Å²) in [6.45, 7) is -0.447. The predicted octanol–water partition coefficient (Wildman–Crippen LogP) is 0.970. The van der Waals surface area contributed by atoms with Gasteiger partial charge in [0.05, 0.1) is 23.4 Å². The van der Waals surface area contributed by atoms with Crippen molar-refractivity contribution in [3.05, 3.63) is 62.6 Å². The zero-order chi connectivity index (χ0) is 17.3. The molecule has 0 atom stereocenters. The van der Waals surface area contributed by atoms with Crippen LogP contribution in [0.3, 0.4) is 0 Å². The second-order valence-corrected chi connectivity index (χ2v) is 5.08. The van der Waals surface area contributed by atoms with Gasteiger partial charge in [0.15, 0.2) is 12.4 Å². The van der Waals surface area contributed by atoms with Crippen LogP contribution in [0.4, 0.5) is 11.4 Å². The van der Waals surface area contributed by atoms with Crippen molar-refractivity contribution < 1.29 is 19.2 Å². The summed E-state index contributed by atoms with van der Waals surface area (Å²) in [6, 6.07) is 6.60. The monoisotopic (exact) mass is 329 g/mol. The van der Waals surface area contributed by atoms with E-state index >= 15 is 0 Å². The summed E-state index contributed by atoms with van der Waals surface area (Å²) in [5, 5.41) is 13.3. The Hall–Kier alpha value is -3.49. The maximum atomic E-state index is 12.3. The molecule has 1 aromatic carbocycles. The molecule has 1 amide bonds. The molecular weight excluding hydrogens is 318 g/mol. The van der Waals surface area contributed by atoms with E-state index in [1.807, 2.05) is 0 Å². The van der Waals surface area contributed by atoms with Crippen molar-refractivity contribution in [2.45, 2.75) is 6.54 Å². The van der Waals surface area contributed by atoms with Gasteiger partial charge in [0, 0.05) is 17.7 Å². The topological polar surface area (TPSA) is 121 Å². The van der Waals surface area contributed by atoms with Crippen LogP contribution in [0.25, 0.3) is 0 Å². The largest absolute Gasteiger partial charge is 0.482 e. The van der Waals surface area contributed by atoms with Gasteiger partial charge in [-0.05, 0) is 18.2 Å². The molecular formula is C15H11N3O6. The molecule has 2 aromatic rings. The Bertz CT molecular complexity index is 918. The highest BCUT2D eigenvalue weighted by Crippen LogP contribution is 2.28. The minimum atomic E-state index is -0.647. The third-order valence-corrected chi connectivity index (χ3v) is 3.43. The quantitative estimate of drug-likeness (QED) is 0.507. The van der Waals surface area contributed by atoms with E-state index in [4.69, 9.17) is 4.74 Å². The predicted molar refractivity (Wildman–Crippen MR) is 82.3 cm³/mol. The first-order valence-corrected chi connectivity index (χ1v) is 6.89. The number of carbonyl (C=O) groups excluding carboxylic acids is 2. The van der Waals surface area contributed by atoms with Crippen molar-refractivity contribution in [2.24, 2.45) is 0 Å². The van der Waals surface area contributed by atoms with Gasteiger partial charge in [-0.25, -0.2) is 0 Å². The standard InChI is InChI=1S/C15H11N3O6/c19-12(7-17-6-10(18(22)23)2-4-15(17)21)9-1-3-13-11(5-9)16-14(20)8-24-13/h1-6H,7-8H2,(H,16,20). The highest BCUT2D eigenvalue weighted by Gasteiger charge is 2.18. The smallest absolute Gasteiger partial charge is 0.285 e. The van der Waals surface area contributed by atoms with Crippen LogP contribution in [-0.2, 0) is 11.3 Å². The number of carbonyl (C=O) groups is 2. The number of anilines is 1. The Balaban J connectivity index is 1.87. The maximum absolute atomic E-state index is 12.3. The first-order chi connectivity index (χ1) is 11.4. The van der Waals surface area contributed by atoms with Crippen LogP contribution in [0.1, 0.15) is 10.4 Å². The Kier molecular flexibility index (Phi) is 3.82. The highest BCUT2D eigenvalue weighted by atomic mass is 16.6. The summed E-state index contributed by atoms with van der Waals surface area (Å²) in [5.74, 6) is -0.319. The summed E-state index contributed by atoms with van der Waals surface area (Å²) >= 11 is 0. The van der Waals surface area contributed by atoms with E-state index in [1.165, 1.54) is 18.2 Å². The van der Waals surface area contributed by atoms with Crippen molar-refractivity contribution >= 4 is 23.1 Å². The van der Waals surface area contributed by atoms with E-state index in [9.17, 15) is 24.5 Å². The summed E-state index contributed by atoms with van der Waals surface area (Å²) in [6.07, 6.45) is 1.02. The molecule has 9 heteroatoms. The molecule has 0 spiro atoms. The molecule has 3 rings (SSSR count). The zero-order valence-corrected chi connectivity index (χ0v) is 12.2. The van der Waals surface area contributed by atoms with Crippen LogP contribution < -0.4 is 15.6 Å². The van der Waals surface area contributed by atoms with Crippen LogP contribution in [0, 0.1) is 10.1 Å². The van der Waals surface area contributed by atoms with Gasteiger partial charge in [-0.2, -0.15) is 0 Å². The second-order valence-electron chi connectivity index (χ2n) is 5.08. The summed E-state index contributed by atoms with van der Waals surface area (Å²) in [7, 11) is 0. The van der Waals surface area contributed by atoms with Crippen molar-refractivity contribution in [1.29, 1.82) is 0 Å². The fourth-order valence-corrected chi connectivity index (χ4v) is 2.25. The summed E-state index contributed by atoms with van der Waals surface area (Å²) in [5.41, 5.74) is -0.196. The van der Waals surface area contributed by atoms with Gasteiger partial charge in [0.2, 0.25) is 0 Å². The number of ketones is 1. The Morgan fingerprint density at radius 3 is 2.83 bits per heavy atom. The molecule has 0 saturated carbocycles. The summed E-state index contributed by atoms with van der Waals surface area (Å²) in [4.78, 5) is 45.5. The number of Topliss-reactive ketones (excluding diaryl/α,β-unsaturated/α-hetero) is 1. The lowest BCUT2D eigenvalue weighted by molar-refractivity contribution is -0.385. The molecule has 1 N–H and O–H groups in total. The van der Waals surface area contributed by atoms with E-state index in [0.29, 0.717) is 11.4 Å². The molecule has 1 aromatic heterocycles. The molecule has 0 radical (unpaired) electrons. The average molecular weight is 329 g/mol. The lowest BCUT2D eigenvalue weighted by Gasteiger charge is -2.18. The number of rotatable bonds is 4. The molecule has 24 heavy (non-hydrogen) atoms. The Morgan fingerprint density at radius 2 is 2.08 bits per heavy atom. The van der Waals surface area contributed by atoms with Gasteiger partial charge >= 0.3 is 0 Å². The number of nitro groups is 1. The second kappa shape index (κ2) is 5.95. The molecule has 0 unspecified atom stereocenters. The number of nitrogens with zero attached hydrogens (tertiary/aromatic N) is 2. The van der Waals surface area contributed by atoms with E-state index in [1.54, 1.807) is 0 Å². The number of hydrogen-bond acceptors (Lipinski definition) is 6. The van der Waals surface area contributed by atoms with Gasteiger partial charge in [-0.1, -0.05) is 0 Å². The molecule has 0 bridgehead atoms. The number of benzene rings is 1. The van der Waals surface area contributed by atoms with Crippen molar-refractivity contribution in [2.75, 3.05) is 11.9 Å². The average Bonchev–Trinajstić information content (AvgIpc) is 2.55. The third-order valence-electron chi connectivity index (χ3n) is 3.43. The number of fused-ring (bicyclic) bond motifs is 1. The number of aromatic nitrogens is 1. The SMILES string of the molecule is O=C1COc2ccc(C(=O)Cn3cc([N+](=O)[O-])ccc3=O)cc2N1. The van der Waals surface area contributed by atoms with E-state index in [0.717, 1.165) is 22.9 Å². The molecule has 0 fully saturated rings. The molecule has 122 valence electrons. The molecule has 9 nitrogen and oxygen atoms in total. The van der Waals surface area contributed by atoms with Crippen LogP contribution in [0.5, 0.6) is 5.75 Å². The van der Waals surface area contributed by atoms with Gasteiger partial charge in [-0.3, -0.25) is 24.5 Å². The van der Waals surface area contributed by atoms with Gasteiger partial charge in [-0.15, -0.1) is 0 Å². The lowest BCUT2D eigenvalue weighted by Crippen LogP contribution is -2.26. The van der Waals surface area contributed by atoms with Crippen LogP contribution >= 0.6 is 0 Å². The van der Waals surface area contributed by atoms with Gasteiger partial charge < -0.3 is 14.6 Å². The van der Waals surface area contributed by atoms with E-state index < -0.39 is 16.3 Å². The van der Waals surface area contributed by atoms with Gasteiger partial charge in [0.25, 0.3) is 17.2 Å². The Morgan fingerprint density at radius 1 is 1.29 bits per heavy atom. The van der Waals surface area contributed by atoms with Crippen molar-refractivity contribution in [3.63, 3.8) is 0 Å². The number of nitrogens with one attached hydrogen (secondary N) is 1. The van der Waals surface area contributed by atoms with Crippen LogP contribution in [-0.4, -0.2) is 27.8 Å². The zero-order valence-electron chi connectivity index (χ0n) is 12.2. The fourth-order valence-electron chi connectivity index (χ4n) is 2.25. The molecule has 1 aliphatic rings. The molecule has 0 aliphatic carbocycles. The summed E-state index contributed by atoms with van der Waals surface area (Å²) < 4.78 is 6.16. The first kappa shape index (κ1) is 15.4. The van der Waals surface area contributed by atoms with Crippen molar-refractivity contribution in [3.8, 4) is 5.75 Å². The van der Waals surface area contributed by atoms with E-state index in [-0.39, 0.29) is 30.3 Å². The molecule has 2 heterocycles. The fraction of sp³-hybridized carbons (Fsp3) is 0.133.